The number of benzene rings is 1. The number of rotatable bonds is 4. The number of carbonyl (C=O) groups is 2. The highest BCUT2D eigenvalue weighted by Gasteiger charge is 2.10. The van der Waals surface area contributed by atoms with Crippen molar-refractivity contribution in [2.24, 2.45) is 0 Å². The van der Waals surface area contributed by atoms with Crippen molar-refractivity contribution in [3.63, 3.8) is 0 Å². The van der Waals surface area contributed by atoms with Crippen LogP contribution in [-0.2, 0) is 6.54 Å². The molecule has 21 heavy (non-hydrogen) atoms. The van der Waals surface area contributed by atoms with Gasteiger partial charge in [-0.2, -0.15) is 0 Å². The minimum atomic E-state index is -1.07. The lowest BCUT2D eigenvalue weighted by Crippen LogP contribution is -2.23. The minimum Gasteiger partial charge on any atom is -0.478 e. The number of carbonyl (C=O) groups excluding carboxylic acids is 1. The summed E-state index contributed by atoms with van der Waals surface area (Å²) >= 11 is 3.00. The number of halogens is 2. The number of amides is 1. The van der Waals surface area contributed by atoms with Gasteiger partial charge in [-0.05, 0) is 46.3 Å². The number of pyridine rings is 1. The Hall–Kier alpha value is -2.28. The Morgan fingerprint density at radius 1 is 1.24 bits per heavy atom. The number of aromatic carboxylic acids is 1. The molecule has 1 aromatic carbocycles. The van der Waals surface area contributed by atoms with Crippen molar-refractivity contribution in [2.75, 3.05) is 0 Å². The van der Waals surface area contributed by atoms with Gasteiger partial charge < -0.3 is 10.4 Å². The van der Waals surface area contributed by atoms with Crippen molar-refractivity contribution in [1.82, 2.24) is 10.3 Å². The Morgan fingerprint density at radius 3 is 2.67 bits per heavy atom. The molecule has 0 fully saturated rings. The maximum Gasteiger partial charge on any atom is 0.335 e. The minimum absolute atomic E-state index is 0.0532. The van der Waals surface area contributed by atoms with Crippen molar-refractivity contribution in [3.05, 3.63) is 63.6 Å². The third kappa shape index (κ3) is 3.85. The van der Waals surface area contributed by atoms with Crippen LogP contribution in [-0.4, -0.2) is 22.0 Å². The van der Waals surface area contributed by atoms with Gasteiger partial charge in [0.15, 0.2) is 0 Å². The van der Waals surface area contributed by atoms with Gasteiger partial charge in [-0.25, -0.2) is 9.18 Å². The first-order valence-corrected chi connectivity index (χ1v) is 6.68. The van der Waals surface area contributed by atoms with Gasteiger partial charge in [-0.15, -0.1) is 0 Å². The normalized spacial score (nSPS) is 10.2. The van der Waals surface area contributed by atoms with Crippen molar-refractivity contribution < 1.29 is 19.1 Å². The maximum absolute atomic E-state index is 13.3. The van der Waals surface area contributed by atoms with Gasteiger partial charge in [-0.1, -0.05) is 0 Å². The summed E-state index contributed by atoms with van der Waals surface area (Å²) in [5.74, 6) is -2.07. The summed E-state index contributed by atoms with van der Waals surface area (Å²) in [6.45, 7) is 0.0532. The Bertz CT molecular complexity index is 706. The average Bonchev–Trinajstić information content (AvgIpc) is 2.48. The monoisotopic (exact) mass is 352 g/mol. The Balaban J connectivity index is 2.05. The second kappa shape index (κ2) is 6.45. The van der Waals surface area contributed by atoms with Crippen LogP contribution in [0.4, 0.5) is 4.39 Å². The van der Waals surface area contributed by atoms with E-state index in [2.05, 4.69) is 26.2 Å². The summed E-state index contributed by atoms with van der Waals surface area (Å²) < 4.78 is 13.6. The Labute approximate surface area is 128 Å². The first-order chi connectivity index (χ1) is 9.97. The van der Waals surface area contributed by atoms with E-state index in [4.69, 9.17) is 5.11 Å². The molecule has 1 heterocycles. The highest BCUT2D eigenvalue weighted by atomic mass is 79.9. The van der Waals surface area contributed by atoms with Gasteiger partial charge in [0.25, 0.3) is 5.91 Å². The fraction of sp³-hybridized carbons (Fsp3) is 0.0714. The quantitative estimate of drug-likeness (QED) is 0.886. The van der Waals surface area contributed by atoms with Crippen LogP contribution in [0.3, 0.4) is 0 Å². The van der Waals surface area contributed by atoms with E-state index in [0.717, 1.165) is 6.07 Å². The summed E-state index contributed by atoms with van der Waals surface area (Å²) in [5.41, 5.74) is 0.662. The molecule has 0 aliphatic carbocycles. The predicted molar refractivity (Wildman–Crippen MR) is 76.5 cm³/mol. The Morgan fingerprint density at radius 2 is 2.00 bits per heavy atom. The van der Waals surface area contributed by atoms with Crippen molar-refractivity contribution >= 4 is 27.8 Å². The number of nitrogens with zero attached hydrogens (tertiary/aromatic N) is 1. The van der Waals surface area contributed by atoms with E-state index in [1.807, 2.05) is 0 Å². The molecule has 108 valence electrons. The second-order valence-corrected chi connectivity index (χ2v) is 5.01. The van der Waals surface area contributed by atoms with Gasteiger partial charge in [0.2, 0.25) is 0 Å². The second-order valence-electron chi connectivity index (χ2n) is 4.15. The molecule has 0 atom stereocenters. The molecule has 0 unspecified atom stereocenters. The molecule has 7 heteroatoms. The molecular formula is C14H10BrFN2O3. The topological polar surface area (TPSA) is 79.3 Å². The average molecular weight is 353 g/mol. The van der Waals surface area contributed by atoms with Crippen LogP contribution in [0, 0.1) is 5.82 Å². The summed E-state index contributed by atoms with van der Waals surface area (Å²) in [6.07, 6.45) is 1.35. The van der Waals surface area contributed by atoms with Crippen molar-refractivity contribution in [3.8, 4) is 0 Å². The predicted octanol–water partition coefficient (Wildman–Crippen LogP) is 2.61. The first kappa shape index (κ1) is 15.1. The van der Waals surface area contributed by atoms with Gasteiger partial charge in [0.05, 0.1) is 22.3 Å². The standard InChI is InChI=1S/C14H10BrFN2O3/c15-11-2-1-8(6-12(11)16)13(19)18-7-10-5-9(14(20)21)3-4-17-10/h1-6H,7H2,(H,18,19)(H,20,21). The smallest absolute Gasteiger partial charge is 0.335 e. The van der Waals surface area contributed by atoms with Gasteiger partial charge in [-0.3, -0.25) is 9.78 Å². The SMILES string of the molecule is O=C(O)c1ccnc(CNC(=O)c2ccc(Br)c(F)c2)c1. The molecule has 0 bridgehead atoms. The molecule has 5 nitrogen and oxygen atoms in total. The zero-order valence-corrected chi connectivity index (χ0v) is 12.2. The first-order valence-electron chi connectivity index (χ1n) is 5.89. The summed E-state index contributed by atoms with van der Waals surface area (Å²) in [5, 5.41) is 11.4. The van der Waals surface area contributed by atoms with E-state index in [1.54, 1.807) is 0 Å². The maximum atomic E-state index is 13.3. The lowest BCUT2D eigenvalue weighted by atomic mass is 10.2. The summed E-state index contributed by atoms with van der Waals surface area (Å²) in [7, 11) is 0. The van der Waals surface area contributed by atoms with Crippen LogP contribution in [0.5, 0.6) is 0 Å². The number of carboxylic acids is 1. The van der Waals surface area contributed by atoms with E-state index in [1.165, 1.54) is 30.5 Å². The molecule has 0 saturated carbocycles. The molecule has 1 amide bonds. The van der Waals surface area contributed by atoms with E-state index in [9.17, 15) is 14.0 Å². The number of hydrogen-bond donors (Lipinski definition) is 2. The lowest BCUT2D eigenvalue weighted by Gasteiger charge is -2.06. The summed E-state index contributed by atoms with van der Waals surface area (Å²) in [6, 6.07) is 6.75. The summed E-state index contributed by atoms with van der Waals surface area (Å²) in [4.78, 5) is 26.6. The third-order valence-corrected chi connectivity index (χ3v) is 3.32. The molecule has 2 rings (SSSR count). The van der Waals surface area contributed by atoms with Gasteiger partial charge in [0.1, 0.15) is 5.82 Å². The molecule has 0 saturated heterocycles. The molecule has 2 aromatic rings. The molecule has 0 aliphatic heterocycles. The molecular weight excluding hydrogens is 343 g/mol. The van der Waals surface area contributed by atoms with Crippen LogP contribution in [0.15, 0.2) is 41.0 Å². The van der Waals surface area contributed by atoms with Gasteiger partial charge in [0, 0.05) is 11.8 Å². The zero-order valence-electron chi connectivity index (χ0n) is 10.6. The van der Waals surface area contributed by atoms with Crippen LogP contribution < -0.4 is 5.32 Å². The largest absolute Gasteiger partial charge is 0.478 e. The van der Waals surface area contributed by atoms with Gasteiger partial charge >= 0.3 is 5.97 Å². The zero-order chi connectivity index (χ0) is 15.4. The number of nitrogens with one attached hydrogen (secondary N) is 1. The molecule has 0 radical (unpaired) electrons. The van der Waals surface area contributed by atoms with Crippen LogP contribution in [0.2, 0.25) is 0 Å². The molecule has 1 aromatic heterocycles. The number of carboxylic acid groups (broad SMARTS) is 1. The van der Waals surface area contributed by atoms with Crippen LogP contribution >= 0.6 is 15.9 Å². The molecule has 0 spiro atoms. The molecule has 0 aliphatic rings. The van der Waals surface area contributed by atoms with Crippen LogP contribution in [0.1, 0.15) is 26.4 Å². The van der Waals surface area contributed by atoms with E-state index in [0.29, 0.717) is 5.69 Å². The Kier molecular flexibility index (Phi) is 4.64. The van der Waals surface area contributed by atoms with Crippen LogP contribution in [0.25, 0.3) is 0 Å². The van der Waals surface area contributed by atoms with E-state index in [-0.39, 0.29) is 22.1 Å². The van der Waals surface area contributed by atoms with E-state index < -0.39 is 17.7 Å². The van der Waals surface area contributed by atoms with Crippen molar-refractivity contribution in [2.45, 2.75) is 6.54 Å². The lowest BCUT2D eigenvalue weighted by molar-refractivity contribution is 0.0696. The number of hydrogen-bond acceptors (Lipinski definition) is 3. The van der Waals surface area contributed by atoms with E-state index >= 15 is 0 Å². The number of aromatic nitrogens is 1. The highest BCUT2D eigenvalue weighted by Crippen LogP contribution is 2.16. The third-order valence-electron chi connectivity index (χ3n) is 2.68. The fourth-order valence-electron chi connectivity index (χ4n) is 1.62. The fourth-order valence-corrected chi connectivity index (χ4v) is 1.86. The highest BCUT2D eigenvalue weighted by molar-refractivity contribution is 9.10. The van der Waals surface area contributed by atoms with Crippen molar-refractivity contribution in [1.29, 1.82) is 0 Å². The molecule has 2 N–H and O–H groups in total.